The Morgan fingerprint density at radius 1 is 1.04 bits per heavy atom. The van der Waals surface area contributed by atoms with Gasteiger partial charge in [0, 0.05) is 30.8 Å². The Morgan fingerprint density at radius 2 is 1.79 bits per heavy atom. The average Bonchev–Trinajstić information content (AvgIpc) is 2.65. The van der Waals surface area contributed by atoms with Crippen molar-refractivity contribution in [2.24, 2.45) is 0 Å². The second-order valence-electron chi connectivity index (χ2n) is 5.19. The molecule has 122 valence electrons. The lowest BCUT2D eigenvalue weighted by molar-refractivity contribution is 0.0963. The van der Waals surface area contributed by atoms with E-state index in [-0.39, 0.29) is 5.91 Å². The molecular weight excluding hydrogens is 320 g/mol. The molecule has 2 N–H and O–H groups in total. The van der Waals surface area contributed by atoms with Crippen LogP contribution in [-0.2, 0) is 5.75 Å². The van der Waals surface area contributed by atoms with Crippen molar-refractivity contribution in [2.45, 2.75) is 10.9 Å². The highest BCUT2D eigenvalue weighted by Gasteiger charge is 2.08. The number of para-hydroxylation sites is 1. The van der Waals surface area contributed by atoms with E-state index in [0.717, 1.165) is 33.2 Å². The van der Waals surface area contributed by atoms with Crippen LogP contribution in [0.5, 0.6) is 0 Å². The number of nitrogens with zero attached hydrogens (tertiary/aromatic N) is 2. The first-order chi connectivity index (χ1) is 11.7. The molecule has 24 heavy (non-hydrogen) atoms. The highest BCUT2D eigenvalue weighted by atomic mass is 32.2. The monoisotopic (exact) mass is 338 g/mol. The third-order valence-electron chi connectivity index (χ3n) is 3.63. The van der Waals surface area contributed by atoms with Crippen LogP contribution in [0.1, 0.15) is 15.9 Å². The number of aromatic nitrogens is 2. The van der Waals surface area contributed by atoms with Gasteiger partial charge in [-0.25, -0.2) is 9.97 Å². The van der Waals surface area contributed by atoms with Gasteiger partial charge < -0.3 is 10.6 Å². The number of rotatable bonds is 5. The fourth-order valence-corrected chi connectivity index (χ4v) is 3.16. The van der Waals surface area contributed by atoms with Crippen molar-refractivity contribution >= 4 is 34.4 Å². The normalized spacial score (nSPS) is 10.6. The minimum atomic E-state index is -0.0780. The average molecular weight is 338 g/mol. The Morgan fingerprint density at radius 3 is 2.50 bits per heavy atom. The highest BCUT2D eigenvalue weighted by molar-refractivity contribution is 7.98. The third kappa shape index (κ3) is 3.49. The molecular formula is C18H18N4OS. The quantitative estimate of drug-likeness (QED) is 0.552. The SMILES string of the molecule is CNC(=O)c1ccc(CSc2nc(NC)c3ccccc3n2)cc1. The first-order valence-corrected chi connectivity index (χ1v) is 8.58. The number of nitrogens with one attached hydrogen (secondary N) is 2. The molecule has 0 bridgehead atoms. The maximum absolute atomic E-state index is 11.6. The molecule has 1 aromatic heterocycles. The smallest absolute Gasteiger partial charge is 0.251 e. The van der Waals surface area contributed by atoms with Gasteiger partial charge in [-0.2, -0.15) is 0 Å². The van der Waals surface area contributed by atoms with Gasteiger partial charge in [0.1, 0.15) is 5.82 Å². The van der Waals surface area contributed by atoms with Crippen molar-refractivity contribution in [3.05, 3.63) is 59.7 Å². The second kappa shape index (κ2) is 7.31. The van der Waals surface area contributed by atoms with Crippen LogP contribution in [0.3, 0.4) is 0 Å². The van der Waals surface area contributed by atoms with Gasteiger partial charge in [0.15, 0.2) is 5.16 Å². The van der Waals surface area contributed by atoms with Gasteiger partial charge in [0.25, 0.3) is 5.91 Å². The first-order valence-electron chi connectivity index (χ1n) is 7.59. The number of amides is 1. The minimum Gasteiger partial charge on any atom is -0.372 e. The molecule has 3 rings (SSSR count). The predicted octanol–water partition coefficient (Wildman–Crippen LogP) is 3.32. The number of carbonyl (C=O) groups excluding carboxylic acids is 1. The summed E-state index contributed by atoms with van der Waals surface area (Å²) in [7, 11) is 3.49. The minimum absolute atomic E-state index is 0.0780. The Balaban J connectivity index is 1.77. The van der Waals surface area contributed by atoms with Crippen LogP contribution in [0.4, 0.5) is 5.82 Å². The summed E-state index contributed by atoms with van der Waals surface area (Å²) in [4.78, 5) is 20.7. The van der Waals surface area contributed by atoms with Gasteiger partial charge in [-0.15, -0.1) is 0 Å². The molecule has 0 atom stereocenters. The standard InChI is InChI=1S/C18H18N4OS/c1-19-16-14-5-3-4-6-15(14)21-18(22-16)24-11-12-7-9-13(10-8-12)17(23)20-2/h3-10H,11H2,1-2H3,(H,20,23)(H,19,21,22). The molecule has 2 aromatic carbocycles. The molecule has 0 radical (unpaired) electrons. The van der Waals surface area contributed by atoms with Crippen LogP contribution in [-0.4, -0.2) is 30.0 Å². The Hall–Kier alpha value is -2.60. The van der Waals surface area contributed by atoms with Crippen molar-refractivity contribution in [2.75, 3.05) is 19.4 Å². The van der Waals surface area contributed by atoms with Crippen molar-refractivity contribution in [3.8, 4) is 0 Å². The maximum atomic E-state index is 11.6. The summed E-state index contributed by atoms with van der Waals surface area (Å²) in [6, 6.07) is 15.5. The Bertz CT molecular complexity index is 865. The number of benzene rings is 2. The van der Waals surface area contributed by atoms with Crippen LogP contribution >= 0.6 is 11.8 Å². The van der Waals surface area contributed by atoms with Gasteiger partial charge in [-0.3, -0.25) is 4.79 Å². The molecule has 1 heterocycles. The van der Waals surface area contributed by atoms with E-state index in [2.05, 4.69) is 20.6 Å². The summed E-state index contributed by atoms with van der Waals surface area (Å²) in [6.07, 6.45) is 0. The molecule has 1 amide bonds. The number of anilines is 1. The van der Waals surface area contributed by atoms with Gasteiger partial charge in [0.05, 0.1) is 5.52 Å². The molecule has 0 aliphatic heterocycles. The van der Waals surface area contributed by atoms with E-state index in [9.17, 15) is 4.79 Å². The van der Waals surface area contributed by atoms with Crippen molar-refractivity contribution < 1.29 is 4.79 Å². The lowest BCUT2D eigenvalue weighted by atomic mass is 10.1. The second-order valence-corrected chi connectivity index (χ2v) is 6.13. The fourth-order valence-electron chi connectivity index (χ4n) is 2.35. The van der Waals surface area contributed by atoms with E-state index in [4.69, 9.17) is 0 Å². The summed E-state index contributed by atoms with van der Waals surface area (Å²) in [5.74, 6) is 1.50. The molecule has 6 heteroatoms. The van der Waals surface area contributed by atoms with Crippen LogP contribution < -0.4 is 10.6 Å². The molecule has 0 saturated carbocycles. The van der Waals surface area contributed by atoms with Gasteiger partial charge >= 0.3 is 0 Å². The Labute approximate surface area is 144 Å². The van der Waals surface area contributed by atoms with E-state index in [1.165, 1.54) is 0 Å². The van der Waals surface area contributed by atoms with Crippen molar-refractivity contribution in [3.63, 3.8) is 0 Å². The molecule has 3 aromatic rings. The number of hydrogen-bond donors (Lipinski definition) is 2. The zero-order valence-corrected chi connectivity index (χ0v) is 14.4. The van der Waals surface area contributed by atoms with Crippen molar-refractivity contribution in [1.29, 1.82) is 0 Å². The molecule has 0 aliphatic rings. The third-order valence-corrected chi connectivity index (χ3v) is 4.55. The number of hydrogen-bond acceptors (Lipinski definition) is 5. The van der Waals surface area contributed by atoms with Gasteiger partial charge in [-0.05, 0) is 29.8 Å². The molecule has 0 unspecified atom stereocenters. The van der Waals surface area contributed by atoms with E-state index >= 15 is 0 Å². The van der Waals surface area contributed by atoms with Gasteiger partial charge in [-0.1, -0.05) is 36.0 Å². The fraction of sp³-hybridized carbons (Fsp3) is 0.167. The zero-order chi connectivity index (χ0) is 16.9. The van der Waals surface area contributed by atoms with Crippen LogP contribution in [0.2, 0.25) is 0 Å². The molecule has 0 spiro atoms. The van der Waals surface area contributed by atoms with E-state index in [1.807, 2.05) is 55.6 Å². The molecule has 0 saturated heterocycles. The lowest BCUT2D eigenvalue weighted by Crippen LogP contribution is -2.17. The van der Waals surface area contributed by atoms with E-state index < -0.39 is 0 Å². The largest absolute Gasteiger partial charge is 0.372 e. The van der Waals surface area contributed by atoms with Crippen molar-refractivity contribution in [1.82, 2.24) is 15.3 Å². The zero-order valence-electron chi connectivity index (χ0n) is 13.5. The molecule has 0 aliphatic carbocycles. The first kappa shape index (κ1) is 16.3. The molecule has 5 nitrogen and oxygen atoms in total. The number of carbonyl (C=O) groups is 1. The van der Waals surface area contributed by atoms with Crippen LogP contribution in [0.25, 0.3) is 10.9 Å². The highest BCUT2D eigenvalue weighted by Crippen LogP contribution is 2.26. The maximum Gasteiger partial charge on any atom is 0.251 e. The summed E-state index contributed by atoms with van der Waals surface area (Å²) in [5.41, 5.74) is 2.70. The predicted molar refractivity (Wildman–Crippen MR) is 98.5 cm³/mol. The summed E-state index contributed by atoms with van der Waals surface area (Å²) in [6.45, 7) is 0. The van der Waals surface area contributed by atoms with Gasteiger partial charge in [0.2, 0.25) is 0 Å². The Kier molecular flexibility index (Phi) is 4.96. The number of thioether (sulfide) groups is 1. The van der Waals surface area contributed by atoms with Crippen LogP contribution in [0.15, 0.2) is 53.7 Å². The van der Waals surface area contributed by atoms with E-state index in [0.29, 0.717) is 5.56 Å². The molecule has 0 fully saturated rings. The van der Waals surface area contributed by atoms with Crippen LogP contribution in [0, 0.1) is 0 Å². The summed E-state index contributed by atoms with van der Waals surface area (Å²) >= 11 is 1.58. The lowest BCUT2D eigenvalue weighted by Gasteiger charge is -2.08. The summed E-state index contributed by atoms with van der Waals surface area (Å²) < 4.78 is 0. The van der Waals surface area contributed by atoms with E-state index in [1.54, 1.807) is 18.8 Å². The summed E-state index contributed by atoms with van der Waals surface area (Å²) in [5, 5.41) is 7.49. The topological polar surface area (TPSA) is 66.9 Å². The number of fused-ring (bicyclic) bond motifs is 1.